The molecule has 0 aliphatic carbocycles. The number of hydrogen-bond acceptors (Lipinski definition) is 7. The van der Waals surface area contributed by atoms with Gasteiger partial charge in [-0.1, -0.05) is 42.5 Å². The summed E-state index contributed by atoms with van der Waals surface area (Å²) in [6.45, 7) is 0.181. The third kappa shape index (κ3) is 6.83. The molecule has 0 aliphatic rings. The molecule has 0 bridgehead atoms. The van der Waals surface area contributed by atoms with Gasteiger partial charge in [-0.25, -0.2) is 4.79 Å². The summed E-state index contributed by atoms with van der Waals surface area (Å²) in [4.78, 5) is 53.0. The summed E-state index contributed by atoms with van der Waals surface area (Å²) < 4.78 is 11.9. The van der Waals surface area contributed by atoms with E-state index in [-0.39, 0.29) is 31.0 Å². The summed E-state index contributed by atoms with van der Waals surface area (Å²) >= 11 is 0. The number of H-pyrrole nitrogens is 1. The van der Waals surface area contributed by atoms with Gasteiger partial charge >= 0.3 is 5.69 Å². The van der Waals surface area contributed by atoms with Crippen LogP contribution in [0.2, 0.25) is 0 Å². The van der Waals surface area contributed by atoms with Gasteiger partial charge < -0.3 is 25.8 Å². The molecule has 3 aromatic rings. The number of anilines is 2. The zero-order valence-corrected chi connectivity index (χ0v) is 19.9. The van der Waals surface area contributed by atoms with Crippen molar-refractivity contribution in [2.75, 3.05) is 37.5 Å². The lowest BCUT2D eigenvalue weighted by Gasteiger charge is -2.24. The van der Waals surface area contributed by atoms with Crippen LogP contribution >= 0.6 is 0 Å². The molecule has 2 amide bonds. The molecule has 2 aromatic carbocycles. The van der Waals surface area contributed by atoms with Crippen LogP contribution in [0.5, 0.6) is 5.75 Å². The van der Waals surface area contributed by atoms with Crippen LogP contribution in [0.25, 0.3) is 0 Å². The van der Waals surface area contributed by atoms with Gasteiger partial charge in [-0.2, -0.15) is 0 Å². The Labute approximate surface area is 207 Å². The van der Waals surface area contributed by atoms with Crippen molar-refractivity contribution in [2.24, 2.45) is 5.73 Å². The quantitative estimate of drug-likeness (QED) is 0.311. The average Bonchev–Trinajstić information content (AvgIpc) is 2.85. The molecule has 1 heterocycles. The molecule has 190 valence electrons. The maximum atomic E-state index is 13.2. The number of nitrogen functional groups attached to an aromatic ring is 1. The van der Waals surface area contributed by atoms with E-state index < -0.39 is 29.7 Å². The maximum Gasteiger partial charge on any atom is 0.330 e. The SMILES string of the molecule is COCCCN(C(=O)COc1ccc(CC(N)=O)cc1)c1c(N)n(Cc2ccccc2)c(=O)[nH]c1=O. The lowest BCUT2D eigenvalue weighted by atomic mass is 10.1. The highest BCUT2D eigenvalue weighted by molar-refractivity contribution is 5.96. The summed E-state index contributed by atoms with van der Waals surface area (Å²) in [7, 11) is 1.53. The van der Waals surface area contributed by atoms with Crippen LogP contribution in [0.3, 0.4) is 0 Å². The first-order chi connectivity index (χ1) is 17.3. The van der Waals surface area contributed by atoms with Crippen LogP contribution in [0.4, 0.5) is 11.5 Å². The van der Waals surface area contributed by atoms with Gasteiger partial charge in [0.25, 0.3) is 11.5 Å². The number of nitrogens with two attached hydrogens (primary N) is 2. The molecule has 0 unspecified atom stereocenters. The number of hydrogen-bond donors (Lipinski definition) is 3. The second-order valence-electron chi connectivity index (χ2n) is 8.03. The molecule has 36 heavy (non-hydrogen) atoms. The number of primary amides is 1. The third-order valence-corrected chi connectivity index (χ3v) is 5.36. The zero-order chi connectivity index (χ0) is 26.1. The highest BCUT2D eigenvalue weighted by Gasteiger charge is 2.24. The number of carbonyl (C=O) groups excluding carboxylic acids is 2. The number of benzene rings is 2. The van der Waals surface area contributed by atoms with Gasteiger partial charge in [0.2, 0.25) is 5.91 Å². The molecule has 11 heteroatoms. The fraction of sp³-hybridized carbons (Fsp3) is 0.280. The van der Waals surface area contributed by atoms with Gasteiger partial charge in [-0.15, -0.1) is 0 Å². The monoisotopic (exact) mass is 495 g/mol. The molecule has 1 aromatic heterocycles. The Morgan fingerprint density at radius 3 is 2.36 bits per heavy atom. The predicted molar refractivity (Wildman–Crippen MR) is 135 cm³/mol. The Kier molecular flexibility index (Phi) is 9.01. The van der Waals surface area contributed by atoms with Gasteiger partial charge in [-0.05, 0) is 29.7 Å². The summed E-state index contributed by atoms with van der Waals surface area (Å²) in [6.07, 6.45) is 0.508. The second kappa shape index (κ2) is 12.4. The minimum atomic E-state index is -0.775. The number of methoxy groups -OCH3 is 1. The Morgan fingerprint density at radius 1 is 1.03 bits per heavy atom. The summed E-state index contributed by atoms with van der Waals surface area (Å²) in [5.74, 6) is -0.727. The molecule has 0 radical (unpaired) electrons. The maximum absolute atomic E-state index is 13.2. The molecule has 0 spiro atoms. The Balaban J connectivity index is 1.86. The van der Waals surface area contributed by atoms with Crippen LogP contribution in [-0.2, 0) is 27.3 Å². The molecule has 0 saturated carbocycles. The molecule has 0 aliphatic heterocycles. The van der Waals surface area contributed by atoms with Gasteiger partial charge in [0.15, 0.2) is 12.3 Å². The number of nitrogens with one attached hydrogen (secondary N) is 1. The minimum Gasteiger partial charge on any atom is -0.484 e. The van der Waals surface area contributed by atoms with E-state index in [9.17, 15) is 19.2 Å². The Hall–Kier alpha value is -4.38. The van der Waals surface area contributed by atoms with Gasteiger partial charge in [0.1, 0.15) is 11.6 Å². The number of aromatic nitrogens is 2. The van der Waals surface area contributed by atoms with Crippen molar-refractivity contribution < 1.29 is 19.1 Å². The van der Waals surface area contributed by atoms with Crippen molar-refractivity contribution in [2.45, 2.75) is 19.4 Å². The highest BCUT2D eigenvalue weighted by Crippen LogP contribution is 2.19. The van der Waals surface area contributed by atoms with Crippen molar-refractivity contribution in [1.29, 1.82) is 0 Å². The molecule has 0 atom stereocenters. The lowest BCUT2D eigenvalue weighted by molar-refractivity contribution is -0.120. The molecular weight excluding hydrogens is 466 g/mol. The topological polar surface area (TPSA) is 163 Å². The van der Waals surface area contributed by atoms with E-state index in [4.69, 9.17) is 20.9 Å². The number of amides is 2. The molecular formula is C25H29N5O6. The van der Waals surface area contributed by atoms with Gasteiger partial charge in [0.05, 0.1) is 13.0 Å². The van der Waals surface area contributed by atoms with E-state index in [2.05, 4.69) is 4.98 Å². The van der Waals surface area contributed by atoms with E-state index in [1.54, 1.807) is 24.3 Å². The molecule has 3 rings (SSSR count). The number of ether oxygens (including phenoxy) is 2. The molecule has 0 saturated heterocycles. The average molecular weight is 496 g/mol. The second-order valence-corrected chi connectivity index (χ2v) is 8.03. The minimum absolute atomic E-state index is 0.0905. The van der Waals surface area contributed by atoms with E-state index in [1.807, 2.05) is 30.3 Å². The third-order valence-electron chi connectivity index (χ3n) is 5.36. The van der Waals surface area contributed by atoms with E-state index in [0.29, 0.717) is 24.3 Å². The summed E-state index contributed by atoms with van der Waals surface area (Å²) in [5, 5.41) is 0. The Bertz CT molecular complexity index is 1300. The van der Waals surface area contributed by atoms with Gasteiger partial charge in [0, 0.05) is 20.3 Å². The smallest absolute Gasteiger partial charge is 0.330 e. The van der Waals surface area contributed by atoms with Crippen LogP contribution in [0.15, 0.2) is 64.2 Å². The zero-order valence-electron chi connectivity index (χ0n) is 19.9. The Morgan fingerprint density at radius 2 is 1.72 bits per heavy atom. The standard InChI is InChI=1S/C25H29N5O6/c1-35-13-5-12-29(21(32)16-36-19-10-8-17(9-11-19)14-20(26)31)22-23(27)30(25(34)28-24(22)33)15-18-6-3-2-4-7-18/h2-4,6-11H,5,12-16,27H2,1H3,(H2,26,31)(H,28,33,34). The number of nitrogens with zero attached hydrogens (tertiary/aromatic N) is 2. The van der Waals surface area contributed by atoms with Crippen molar-refractivity contribution >= 4 is 23.3 Å². The van der Waals surface area contributed by atoms with Crippen molar-refractivity contribution in [3.8, 4) is 5.75 Å². The molecule has 5 N–H and O–H groups in total. The van der Waals surface area contributed by atoms with E-state index in [1.165, 1.54) is 16.6 Å². The molecule has 0 fully saturated rings. The summed E-state index contributed by atoms with van der Waals surface area (Å²) in [5.41, 5.74) is 11.4. The normalized spacial score (nSPS) is 10.7. The number of carbonyl (C=O) groups is 2. The first-order valence-electron chi connectivity index (χ1n) is 11.3. The fourth-order valence-corrected chi connectivity index (χ4v) is 3.62. The largest absolute Gasteiger partial charge is 0.484 e. The lowest BCUT2D eigenvalue weighted by Crippen LogP contribution is -2.43. The van der Waals surface area contributed by atoms with Crippen molar-refractivity contribution in [3.63, 3.8) is 0 Å². The van der Waals surface area contributed by atoms with Crippen molar-refractivity contribution in [1.82, 2.24) is 9.55 Å². The van der Waals surface area contributed by atoms with Gasteiger partial charge in [-0.3, -0.25) is 23.9 Å². The summed E-state index contributed by atoms with van der Waals surface area (Å²) in [6, 6.07) is 15.7. The van der Waals surface area contributed by atoms with Crippen LogP contribution < -0.4 is 32.4 Å². The fourth-order valence-electron chi connectivity index (χ4n) is 3.62. The highest BCUT2D eigenvalue weighted by atomic mass is 16.5. The van der Waals surface area contributed by atoms with Crippen LogP contribution in [-0.4, -0.2) is 48.2 Å². The van der Waals surface area contributed by atoms with Crippen LogP contribution in [0.1, 0.15) is 17.5 Å². The van der Waals surface area contributed by atoms with E-state index >= 15 is 0 Å². The van der Waals surface area contributed by atoms with E-state index in [0.717, 1.165) is 5.56 Å². The molecule has 11 nitrogen and oxygen atoms in total. The van der Waals surface area contributed by atoms with Crippen molar-refractivity contribution in [3.05, 3.63) is 86.6 Å². The number of rotatable bonds is 12. The predicted octanol–water partition coefficient (Wildman–Crippen LogP) is 0.643. The van der Waals surface area contributed by atoms with Crippen LogP contribution in [0, 0.1) is 0 Å². The number of aromatic amines is 1. The first kappa shape index (κ1) is 26.2. The first-order valence-corrected chi connectivity index (χ1v) is 11.3.